The van der Waals surface area contributed by atoms with Gasteiger partial charge in [0.15, 0.2) is 0 Å². The second-order valence-electron chi connectivity index (χ2n) is 3.80. The zero-order chi connectivity index (χ0) is 13.8. The van der Waals surface area contributed by atoms with Gasteiger partial charge in [-0.3, -0.25) is 14.9 Å². The van der Waals surface area contributed by atoms with Crippen LogP contribution in [0.4, 0.5) is 11.4 Å². The smallest absolute Gasteiger partial charge is 0.282 e. The number of anilines is 1. The molecule has 2 aromatic rings. The van der Waals surface area contributed by atoms with Crippen LogP contribution in [0.2, 0.25) is 0 Å². The second-order valence-corrected chi connectivity index (χ2v) is 4.83. The van der Waals surface area contributed by atoms with Crippen LogP contribution in [0.3, 0.4) is 0 Å². The number of nitrogen functional groups attached to an aromatic ring is 1. The molecular weight excluding hydrogens is 266 g/mol. The molecule has 19 heavy (non-hydrogen) atoms. The highest BCUT2D eigenvalue weighted by Crippen LogP contribution is 2.21. The summed E-state index contributed by atoms with van der Waals surface area (Å²) in [6.45, 7) is 0.336. The van der Waals surface area contributed by atoms with Gasteiger partial charge in [-0.1, -0.05) is 6.07 Å². The van der Waals surface area contributed by atoms with Gasteiger partial charge in [0, 0.05) is 16.6 Å². The molecule has 0 aliphatic carbocycles. The highest BCUT2D eigenvalue weighted by Gasteiger charge is 2.20. The van der Waals surface area contributed by atoms with Gasteiger partial charge in [0.05, 0.1) is 11.5 Å². The maximum Gasteiger partial charge on any atom is 0.282 e. The summed E-state index contributed by atoms with van der Waals surface area (Å²) in [5.74, 6) is -0.507. The van der Waals surface area contributed by atoms with Gasteiger partial charge < -0.3 is 11.1 Å². The topological polar surface area (TPSA) is 98.3 Å². The van der Waals surface area contributed by atoms with Crippen molar-refractivity contribution in [3.8, 4) is 0 Å². The Balaban J connectivity index is 2.18. The molecule has 1 heterocycles. The molecule has 0 spiro atoms. The number of carbonyl (C=O) groups excluding carboxylic acids is 1. The highest BCUT2D eigenvalue weighted by atomic mass is 32.1. The third-order valence-corrected chi connectivity index (χ3v) is 3.34. The first-order valence-electron chi connectivity index (χ1n) is 5.42. The van der Waals surface area contributed by atoms with Crippen molar-refractivity contribution in [2.75, 3.05) is 5.73 Å². The zero-order valence-corrected chi connectivity index (χ0v) is 10.6. The van der Waals surface area contributed by atoms with Crippen LogP contribution in [-0.2, 0) is 6.54 Å². The number of hydrogen-bond acceptors (Lipinski definition) is 5. The summed E-state index contributed by atoms with van der Waals surface area (Å²) in [4.78, 5) is 23.2. The predicted molar refractivity (Wildman–Crippen MR) is 73.0 cm³/mol. The largest absolute Gasteiger partial charge is 0.399 e. The molecule has 0 radical (unpaired) electrons. The van der Waals surface area contributed by atoms with Gasteiger partial charge in [-0.25, -0.2) is 0 Å². The van der Waals surface area contributed by atoms with E-state index in [1.807, 2.05) is 17.5 Å². The molecule has 3 N–H and O–H groups in total. The molecule has 98 valence electrons. The van der Waals surface area contributed by atoms with Crippen LogP contribution in [0.15, 0.2) is 35.7 Å². The van der Waals surface area contributed by atoms with Crippen LogP contribution in [0.25, 0.3) is 0 Å². The van der Waals surface area contributed by atoms with Crippen LogP contribution >= 0.6 is 11.3 Å². The Morgan fingerprint density at radius 2 is 2.21 bits per heavy atom. The van der Waals surface area contributed by atoms with E-state index in [2.05, 4.69) is 5.32 Å². The molecule has 0 unspecified atom stereocenters. The van der Waals surface area contributed by atoms with Crippen molar-refractivity contribution in [2.24, 2.45) is 0 Å². The van der Waals surface area contributed by atoms with Gasteiger partial charge in [-0.05, 0) is 23.6 Å². The molecular formula is C12H11N3O3S. The molecule has 7 heteroatoms. The van der Waals surface area contributed by atoms with Crippen LogP contribution in [0.1, 0.15) is 15.2 Å². The van der Waals surface area contributed by atoms with Gasteiger partial charge in [0.25, 0.3) is 11.6 Å². The molecule has 0 fully saturated rings. The van der Waals surface area contributed by atoms with Crippen molar-refractivity contribution < 1.29 is 9.72 Å². The Hall–Kier alpha value is -2.41. The maximum absolute atomic E-state index is 12.0. The first-order chi connectivity index (χ1) is 9.08. The Morgan fingerprint density at radius 1 is 1.42 bits per heavy atom. The predicted octanol–water partition coefficient (Wildman–Crippen LogP) is 2.17. The summed E-state index contributed by atoms with van der Waals surface area (Å²) >= 11 is 1.50. The lowest BCUT2D eigenvalue weighted by Gasteiger charge is -2.05. The fourth-order valence-electron chi connectivity index (χ4n) is 1.57. The number of nitrogens with two attached hydrogens (primary N) is 1. The van der Waals surface area contributed by atoms with E-state index in [1.54, 1.807) is 0 Å². The first kappa shape index (κ1) is 13.0. The number of thiophene rings is 1. The van der Waals surface area contributed by atoms with Crippen molar-refractivity contribution in [1.29, 1.82) is 0 Å². The van der Waals surface area contributed by atoms with Crippen molar-refractivity contribution in [3.63, 3.8) is 0 Å². The van der Waals surface area contributed by atoms with E-state index in [0.29, 0.717) is 12.2 Å². The lowest BCUT2D eigenvalue weighted by molar-refractivity contribution is -0.385. The van der Waals surface area contributed by atoms with Crippen molar-refractivity contribution in [1.82, 2.24) is 5.32 Å². The van der Waals surface area contributed by atoms with E-state index < -0.39 is 10.8 Å². The minimum Gasteiger partial charge on any atom is -0.399 e. The molecule has 0 aliphatic rings. The monoisotopic (exact) mass is 277 g/mol. The van der Waals surface area contributed by atoms with E-state index in [4.69, 9.17) is 5.73 Å². The normalized spacial score (nSPS) is 10.1. The SMILES string of the molecule is Nc1ccc([N+](=O)[O-])c(C(=O)NCc2cccs2)c1. The van der Waals surface area contributed by atoms with Crippen LogP contribution < -0.4 is 11.1 Å². The van der Waals surface area contributed by atoms with Gasteiger partial charge in [-0.2, -0.15) is 0 Å². The number of nitro benzene ring substituents is 1. The summed E-state index contributed by atoms with van der Waals surface area (Å²) in [6, 6.07) is 7.68. The minimum atomic E-state index is -0.598. The standard InChI is InChI=1S/C12H11N3O3S/c13-8-3-4-11(15(17)18)10(6-8)12(16)14-7-9-2-1-5-19-9/h1-6H,7,13H2,(H,14,16). The molecule has 2 rings (SSSR count). The third kappa shape index (κ3) is 3.08. The Morgan fingerprint density at radius 3 is 2.84 bits per heavy atom. The molecule has 1 aromatic carbocycles. The fourth-order valence-corrected chi connectivity index (χ4v) is 2.22. The van der Waals surface area contributed by atoms with E-state index >= 15 is 0 Å². The number of nitrogens with zero attached hydrogens (tertiary/aromatic N) is 1. The van der Waals surface area contributed by atoms with Crippen molar-refractivity contribution in [2.45, 2.75) is 6.54 Å². The average Bonchev–Trinajstić information content (AvgIpc) is 2.88. The molecule has 0 saturated carbocycles. The molecule has 1 aromatic heterocycles. The number of hydrogen-bond donors (Lipinski definition) is 2. The average molecular weight is 277 g/mol. The maximum atomic E-state index is 12.0. The Labute approximate surface area is 113 Å². The summed E-state index contributed by atoms with van der Waals surface area (Å²) in [5, 5.41) is 15.4. The lowest BCUT2D eigenvalue weighted by atomic mass is 10.1. The molecule has 0 saturated heterocycles. The number of nitrogens with one attached hydrogen (secondary N) is 1. The summed E-state index contributed by atoms with van der Waals surface area (Å²) < 4.78 is 0. The first-order valence-corrected chi connectivity index (χ1v) is 6.30. The van der Waals surface area contributed by atoms with E-state index in [1.165, 1.54) is 29.5 Å². The third-order valence-electron chi connectivity index (χ3n) is 2.47. The van der Waals surface area contributed by atoms with E-state index in [9.17, 15) is 14.9 Å². The van der Waals surface area contributed by atoms with E-state index in [0.717, 1.165) is 4.88 Å². The zero-order valence-electron chi connectivity index (χ0n) is 9.83. The highest BCUT2D eigenvalue weighted by molar-refractivity contribution is 7.09. The number of carbonyl (C=O) groups is 1. The minimum absolute atomic E-state index is 0.0263. The molecule has 0 bridgehead atoms. The van der Waals surface area contributed by atoms with E-state index in [-0.39, 0.29) is 11.3 Å². The fraction of sp³-hybridized carbons (Fsp3) is 0.0833. The molecule has 0 atom stereocenters. The van der Waals surface area contributed by atoms with Gasteiger partial charge >= 0.3 is 0 Å². The Kier molecular flexibility index (Phi) is 3.76. The van der Waals surface area contributed by atoms with Crippen LogP contribution in [0, 0.1) is 10.1 Å². The van der Waals surface area contributed by atoms with Crippen LogP contribution in [0.5, 0.6) is 0 Å². The summed E-state index contributed by atoms with van der Waals surface area (Å²) in [7, 11) is 0. The summed E-state index contributed by atoms with van der Waals surface area (Å²) in [6.07, 6.45) is 0. The number of nitro groups is 1. The van der Waals surface area contributed by atoms with Gasteiger partial charge in [0.2, 0.25) is 0 Å². The van der Waals surface area contributed by atoms with Crippen LogP contribution in [-0.4, -0.2) is 10.8 Å². The molecule has 6 nitrogen and oxygen atoms in total. The number of benzene rings is 1. The molecule has 0 aliphatic heterocycles. The quantitative estimate of drug-likeness (QED) is 0.508. The Bertz CT molecular complexity index is 611. The summed E-state index contributed by atoms with van der Waals surface area (Å²) in [5.41, 5.74) is 5.59. The number of rotatable bonds is 4. The number of amides is 1. The van der Waals surface area contributed by atoms with Gasteiger partial charge in [0.1, 0.15) is 5.56 Å². The second kappa shape index (κ2) is 5.49. The lowest BCUT2D eigenvalue weighted by Crippen LogP contribution is -2.23. The van der Waals surface area contributed by atoms with Gasteiger partial charge in [-0.15, -0.1) is 11.3 Å². The molecule has 1 amide bonds. The van der Waals surface area contributed by atoms with Crippen molar-refractivity contribution >= 4 is 28.6 Å². The van der Waals surface area contributed by atoms with Crippen molar-refractivity contribution in [3.05, 3.63) is 56.3 Å².